The van der Waals surface area contributed by atoms with E-state index >= 15 is 0 Å². The molecule has 2 nitrogen and oxygen atoms in total. The van der Waals surface area contributed by atoms with Gasteiger partial charge in [-0.2, -0.15) is 0 Å². The number of carbonyl (C=O) groups is 1. The Morgan fingerprint density at radius 3 is 2.29 bits per heavy atom. The van der Waals surface area contributed by atoms with Crippen LogP contribution in [0.25, 0.3) is 0 Å². The van der Waals surface area contributed by atoms with E-state index in [9.17, 15) is 13.6 Å². The van der Waals surface area contributed by atoms with E-state index < -0.39 is 17.5 Å². The van der Waals surface area contributed by atoms with Gasteiger partial charge in [0.15, 0.2) is 0 Å². The lowest BCUT2D eigenvalue weighted by atomic mass is 10.0. The van der Waals surface area contributed by atoms with Crippen molar-refractivity contribution in [2.75, 3.05) is 0 Å². The first-order chi connectivity index (χ1) is 11.5. The lowest BCUT2D eigenvalue weighted by Gasteiger charge is -2.18. The smallest absolute Gasteiger partial charge is 0.252 e. The highest BCUT2D eigenvalue weighted by Crippen LogP contribution is 2.27. The fraction of sp³-hybridized carbons (Fsp3) is 0.105. The third-order valence-electron chi connectivity index (χ3n) is 3.64. The number of halogens is 2. The lowest BCUT2D eigenvalue weighted by molar-refractivity contribution is 0.0942. The largest absolute Gasteiger partial charge is 0.340 e. The summed E-state index contributed by atoms with van der Waals surface area (Å²) >= 11 is 1.51. The second kappa shape index (κ2) is 6.93. The predicted molar refractivity (Wildman–Crippen MR) is 91.2 cm³/mol. The van der Waals surface area contributed by atoms with Crippen molar-refractivity contribution in [3.63, 3.8) is 0 Å². The molecule has 5 heteroatoms. The van der Waals surface area contributed by atoms with Crippen molar-refractivity contribution < 1.29 is 13.6 Å². The fourth-order valence-corrected chi connectivity index (χ4v) is 3.24. The number of nitrogens with one attached hydrogen (secondary N) is 1. The van der Waals surface area contributed by atoms with Gasteiger partial charge in [-0.3, -0.25) is 4.79 Å². The highest BCUT2D eigenvalue weighted by molar-refractivity contribution is 7.10. The predicted octanol–water partition coefficient (Wildman–Crippen LogP) is 4.85. The summed E-state index contributed by atoms with van der Waals surface area (Å²) in [5.41, 5.74) is 1.98. The minimum atomic E-state index is -0.775. The molecule has 1 N–H and O–H groups in total. The average Bonchev–Trinajstić information content (AvgIpc) is 3.06. The number of rotatable bonds is 4. The molecule has 0 radical (unpaired) electrons. The van der Waals surface area contributed by atoms with E-state index in [4.69, 9.17) is 0 Å². The summed E-state index contributed by atoms with van der Waals surface area (Å²) in [6.07, 6.45) is 0. The number of amides is 1. The van der Waals surface area contributed by atoms with Crippen LogP contribution >= 0.6 is 11.3 Å². The van der Waals surface area contributed by atoms with Gasteiger partial charge in [-0.25, -0.2) is 8.78 Å². The van der Waals surface area contributed by atoms with Crippen LogP contribution in [0.5, 0.6) is 0 Å². The minimum absolute atomic E-state index is 0.0406. The van der Waals surface area contributed by atoms with Crippen molar-refractivity contribution in [3.05, 3.63) is 93.2 Å². The number of aryl methyl sites for hydroxylation is 1. The molecular weight excluding hydrogens is 328 g/mol. The molecule has 0 unspecified atom stereocenters. The van der Waals surface area contributed by atoms with E-state index in [2.05, 4.69) is 5.32 Å². The van der Waals surface area contributed by atoms with Gasteiger partial charge < -0.3 is 5.32 Å². The van der Waals surface area contributed by atoms with Crippen LogP contribution in [0.3, 0.4) is 0 Å². The number of hydrogen-bond acceptors (Lipinski definition) is 2. The molecule has 0 aliphatic rings. The summed E-state index contributed by atoms with van der Waals surface area (Å²) in [4.78, 5) is 13.4. The summed E-state index contributed by atoms with van der Waals surface area (Å²) in [7, 11) is 0. The molecule has 0 aliphatic carbocycles. The van der Waals surface area contributed by atoms with Gasteiger partial charge in [0, 0.05) is 16.5 Å². The van der Waals surface area contributed by atoms with Gasteiger partial charge in [0.2, 0.25) is 0 Å². The maximum atomic E-state index is 13.3. The Morgan fingerprint density at radius 2 is 1.71 bits per heavy atom. The Morgan fingerprint density at radius 1 is 1.04 bits per heavy atom. The van der Waals surface area contributed by atoms with E-state index in [-0.39, 0.29) is 11.6 Å². The second-order valence-corrected chi connectivity index (χ2v) is 6.47. The Kier molecular flexibility index (Phi) is 4.71. The molecule has 0 aliphatic heterocycles. The zero-order valence-corrected chi connectivity index (χ0v) is 13.7. The van der Waals surface area contributed by atoms with Crippen molar-refractivity contribution in [2.24, 2.45) is 0 Å². The average molecular weight is 343 g/mol. The standard InChI is InChI=1S/C19H15F2NOS/c1-12-4-6-13(7-5-12)18(17-3-2-8-24-17)22-19(23)14-9-15(20)11-16(21)10-14/h2-11,18H,1H3,(H,22,23)/t18-/m0/s1. The van der Waals surface area contributed by atoms with Crippen LogP contribution in [0, 0.1) is 18.6 Å². The first kappa shape index (κ1) is 16.3. The number of carbonyl (C=O) groups excluding carboxylic acids is 1. The Balaban J connectivity index is 1.92. The highest BCUT2D eigenvalue weighted by atomic mass is 32.1. The number of hydrogen-bond donors (Lipinski definition) is 1. The number of benzene rings is 2. The van der Waals surface area contributed by atoms with Crippen molar-refractivity contribution in [1.29, 1.82) is 0 Å². The first-order valence-corrected chi connectivity index (χ1v) is 8.28. The molecule has 0 bridgehead atoms. The molecule has 122 valence electrons. The van der Waals surface area contributed by atoms with Crippen LogP contribution in [-0.4, -0.2) is 5.91 Å². The summed E-state index contributed by atoms with van der Waals surface area (Å²) in [6.45, 7) is 1.98. The van der Waals surface area contributed by atoms with Gasteiger partial charge in [0.25, 0.3) is 5.91 Å². The van der Waals surface area contributed by atoms with E-state index in [0.717, 1.165) is 34.2 Å². The normalized spacial score (nSPS) is 12.0. The maximum Gasteiger partial charge on any atom is 0.252 e. The Hall–Kier alpha value is -2.53. The summed E-state index contributed by atoms with van der Waals surface area (Å²) in [5.74, 6) is -2.07. The molecule has 0 spiro atoms. The van der Waals surface area contributed by atoms with Crippen molar-refractivity contribution in [3.8, 4) is 0 Å². The minimum Gasteiger partial charge on any atom is -0.340 e. The highest BCUT2D eigenvalue weighted by Gasteiger charge is 2.19. The third kappa shape index (κ3) is 3.68. The van der Waals surface area contributed by atoms with Crippen LogP contribution < -0.4 is 5.32 Å². The Bertz CT molecular complexity index is 824. The molecule has 1 aromatic heterocycles. The van der Waals surface area contributed by atoms with Crippen LogP contribution in [0.15, 0.2) is 60.0 Å². The quantitative estimate of drug-likeness (QED) is 0.720. The fourth-order valence-electron chi connectivity index (χ4n) is 2.43. The topological polar surface area (TPSA) is 29.1 Å². The van der Waals surface area contributed by atoms with Crippen molar-refractivity contribution in [2.45, 2.75) is 13.0 Å². The van der Waals surface area contributed by atoms with Crippen LogP contribution in [0.4, 0.5) is 8.78 Å². The van der Waals surface area contributed by atoms with Gasteiger partial charge in [0.05, 0.1) is 6.04 Å². The van der Waals surface area contributed by atoms with Gasteiger partial charge in [0.1, 0.15) is 11.6 Å². The molecule has 1 atom stereocenters. The number of thiophene rings is 1. The van der Waals surface area contributed by atoms with E-state index in [1.807, 2.05) is 48.7 Å². The lowest BCUT2D eigenvalue weighted by Crippen LogP contribution is -2.29. The zero-order valence-electron chi connectivity index (χ0n) is 12.9. The maximum absolute atomic E-state index is 13.3. The summed E-state index contributed by atoms with van der Waals surface area (Å²) in [5, 5.41) is 4.79. The Labute approximate surface area is 142 Å². The molecule has 24 heavy (non-hydrogen) atoms. The van der Waals surface area contributed by atoms with Crippen LogP contribution in [-0.2, 0) is 0 Å². The zero-order chi connectivity index (χ0) is 17.1. The SMILES string of the molecule is Cc1ccc([C@H](NC(=O)c2cc(F)cc(F)c2)c2cccs2)cc1. The van der Waals surface area contributed by atoms with Gasteiger partial charge in [-0.05, 0) is 36.1 Å². The molecule has 1 amide bonds. The van der Waals surface area contributed by atoms with Crippen molar-refractivity contribution in [1.82, 2.24) is 5.32 Å². The third-order valence-corrected chi connectivity index (χ3v) is 4.58. The van der Waals surface area contributed by atoms with E-state index in [1.54, 1.807) is 0 Å². The van der Waals surface area contributed by atoms with Crippen molar-refractivity contribution >= 4 is 17.2 Å². The van der Waals surface area contributed by atoms with Gasteiger partial charge in [-0.15, -0.1) is 11.3 Å². The molecule has 3 rings (SSSR count). The molecular formula is C19H15F2NOS. The molecule has 2 aromatic carbocycles. The summed E-state index contributed by atoms with van der Waals surface area (Å²) in [6, 6.07) is 14.0. The van der Waals surface area contributed by atoms with Gasteiger partial charge >= 0.3 is 0 Å². The monoisotopic (exact) mass is 343 g/mol. The summed E-state index contributed by atoms with van der Waals surface area (Å²) < 4.78 is 26.7. The van der Waals surface area contributed by atoms with E-state index in [1.165, 1.54) is 11.3 Å². The second-order valence-electron chi connectivity index (χ2n) is 5.49. The molecule has 0 saturated heterocycles. The molecule has 0 fully saturated rings. The molecule has 1 heterocycles. The first-order valence-electron chi connectivity index (χ1n) is 7.40. The van der Waals surface area contributed by atoms with Crippen LogP contribution in [0.1, 0.15) is 32.4 Å². The molecule has 0 saturated carbocycles. The van der Waals surface area contributed by atoms with Gasteiger partial charge in [-0.1, -0.05) is 35.9 Å². The van der Waals surface area contributed by atoms with Crippen LogP contribution in [0.2, 0.25) is 0 Å². The molecule has 3 aromatic rings. The van der Waals surface area contributed by atoms with E-state index in [0.29, 0.717) is 0 Å².